The Morgan fingerprint density at radius 2 is 1.82 bits per heavy atom. The second-order valence-corrected chi connectivity index (χ2v) is 6.61. The first-order chi connectivity index (χ1) is 13.4. The topological polar surface area (TPSA) is 68.6 Å². The van der Waals surface area contributed by atoms with Gasteiger partial charge in [-0.3, -0.25) is 4.79 Å². The van der Waals surface area contributed by atoms with Crippen molar-refractivity contribution in [3.05, 3.63) is 59.8 Å². The molecule has 1 N–H and O–H groups in total. The first-order valence-corrected chi connectivity index (χ1v) is 8.90. The number of benzene rings is 2. The number of nitriles is 1. The molecular weight excluding hydrogens is 352 g/mol. The minimum Gasteiger partial charge on any atom is -0.492 e. The number of rotatable bonds is 7. The molecule has 2 rings (SSSR count). The van der Waals surface area contributed by atoms with Crippen LogP contribution >= 0.6 is 0 Å². The normalized spacial score (nSPS) is 10.8. The summed E-state index contributed by atoms with van der Waals surface area (Å²) in [5.41, 5.74) is 3.92. The Hall–Kier alpha value is -3.46. The van der Waals surface area contributed by atoms with Crippen LogP contribution in [-0.4, -0.2) is 34.2 Å². The molecule has 1 amide bonds. The summed E-state index contributed by atoms with van der Waals surface area (Å²) in [6.07, 6.45) is 2.14. The number of allylic oxidation sites excluding steroid dienone is 1. The standard InChI is InChI=1S/C22H26N4O2/c1-16(27)26(4)21-13-17(12-20(25(2)3)22(21)28-5)11-18(14-23)15-24-19-9-7-6-8-10-19/h6-10,12-13,15,24H,11H2,1-5H3. The van der Waals surface area contributed by atoms with Crippen LogP contribution < -0.4 is 19.9 Å². The maximum absolute atomic E-state index is 11.9. The molecule has 0 aromatic heterocycles. The van der Waals surface area contributed by atoms with E-state index in [1.54, 1.807) is 25.3 Å². The molecule has 0 fully saturated rings. The molecule has 28 heavy (non-hydrogen) atoms. The molecular formula is C22H26N4O2. The maximum atomic E-state index is 11.9. The number of amides is 1. The van der Waals surface area contributed by atoms with Gasteiger partial charge in [-0.25, -0.2) is 0 Å². The van der Waals surface area contributed by atoms with Crippen molar-refractivity contribution < 1.29 is 9.53 Å². The molecule has 0 aliphatic carbocycles. The molecule has 0 saturated carbocycles. The predicted molar refractivity (Wildman–Crippen MR) is 114 cm³/mol. The van der Waals surface area contributed by atoms with Gasteiger partial charge in [0.2, 0.25) is 5.91 Å². The second-order valence-electron chi connectivity index (χ2n) is 6.61. The number of anilines is 3. The highest BCUT2D eigenvalue weighted by atomic mass is 16.5. The maximum Gasteiger partial charge on any atom is 0.223 e. The minimum absolute atomic E-state index is 0.0954. The molecule has 0 aliphatic heterocycles. The largest absolute Gasteiger partial charge is 0.492 e. The van der Waals surface area contributed by atoms with Gasteiger partial charge in [-0.2, -0.15) is 5.26 Å². The van der Waals surface area contributed by atoms with Crippen LogP contribution in [0.15, 0.2) is 54.2 Å². The number of carbonyl (C=O) groups is 1. The molecule has 0 saturated heterocycles. The molecule has 0 spiro atoms. The van der Waals surface area contributed by atoms with Crippen molar-refractivity contribution in [2.75, 3.05) is 43.4 Å². The van der Waals surface area contributed by atoms with Gasteiger partial charge in [0.25, 0.3) is 0 Å². The van der Waals surface area contributed by atoms with E-state index in [-0.39, 0.29) is 5.91 Å². The fraction of sp³-hybridized carbons (Fsp3) is 0.273. The molecule has 6 nitrogen and oxygen atoms in total. The highest BCUT2D eigenvalue weighted by molar-refractivity contribution is 5.94. The quantitative estimate of drug-likeness (QED) is 0.742. The Kier molecular flexibility index (Phi) is 7.05. The van der Waals surface area contributed by atoms with Crippen LogP contribution in [0.2, 0.25) is 0 Å². The summed E-state index contributed by atoms with van der Waals surface area (Å²) in [6.45, 7) is 1.51. The van der Waals surface area contributed by atoms with Crippen molar-refractivity contribution >= 4 is 23.0 Å². The van der Waals surface area contributed by atoms with Crippen molar-refractivity contribution in [1.82, 2.24) is 0 Å². The molecule has 2 aromatic rings. The van der Waals surface area contributed by atoms with Crippen LogP contribution in [-0.2, 0) is 11.2 Å². The Morgan fingerprint density at radius 3 is 2.36 bits per heavy atom. The average Bonchev–Trinajstić information content (AvgIpc) is 2.70. The molecule has 0 atom stereocenters. The van der Waals surface area contributed by atoms with E-state index < -0.39 is 0 Å². The number of hydrogen-bond donors (Lipinski definition) is 1. The smallest absolute Gasteiger partial charge is 0.223 e. The molecule has 0 unspecified atom stereocenters. The highest BCUT2D eigenvalue weighted by Crippen LogP contribution is 2.39. The SMILES string of the molecule is COc1c(N(C)C)cc(CC(C#N)=CNc2ccccc2)cc1N(C)C(C)=O. The van der Waals surface area contributed by atoms with E-state index in [0.717, 1.165) is 16.9 Å². The molecule has 0 heterocycles. The van der Waals surface area contributed by atoms with Gasteiger partial charge >= 0.3 is 0 Å². The van der Waals surface area contributed by atoms with Crippen LogP contribution in [0.1, 0.15) is 12.5 Å². The predicted octanol–water partition coefficient (Wildman–Crippen LogP) is 3.81. The lowest BCUT2D eigenvalue weighted by Crippen LogP contribution is -2.24. The fourth-order valence-electron chi connectivity index (χ4n) is 2.76. The van der Waals surface area contributed by atoms with Crippen molar-refractivity contribution in [2.24, 2.45) is 0 Å². The zero-order valence-corrected chi connectivity index (χ0v) is 17.0. The lowest BCUT2D eigenvalue weighted by atomic mass is 10.0. The van der Waals surface area contributed by atoms with E-state index in [0.29, 0.717) is 23.4 Å². The summed E-state index contributed by atoms with van der Waals surface area (Å²) in [5.74, 6) is 0.526. The molecule has 6 heteroatoms. The van der Waals surface area contributed by atoms with Gasteiger partial charge in [0.05, 0.1) is 24.6 Å². The van der Waals surface area contributed by atoms with Crippen LogP contribution in [0, 0.1) is 11.3 Å². The first-order valence-electron chi connectivity index (χ1n) is 8.90. The Labute approximate surface area is 166 Å². The van der Waals surface area contributed by atoms with E-state index in [4.69, 9.17) is 4.74 Å². The lowest BCUT2D eigenvalue weighted by Gasteiger charge is -2.25. The zero-order chi connectivity index (χ0) is 20.7. The van der Waals surface area contributed by atoms with Gasteiger partial charge in [-0.05, 0) is 29.8 Å². The van der Waals surface area contributed by atoms with Gasteiger partial charge in [0.15, 0.2) is 5.75 Å². The molecule has 0 bridgehead atoms. The summed E-state index contributed by atoms with van der Waals surface area (Å²) in [4.78, 5) is 15.4. The number of nitrogens with zero attached hydrogens (tertiary/aromatic N) is 3. The second kappa shape index (κ2) is 9.47. The summed E-state index contributed by atoms with van der Waals surface area (Å²) in [6, 6.07) is 15.8. The third kappa shape index (κ3) is 5.04. The van der Waals surface area contributed by atoms with Gasteiger partial charge in [-0.1, -0.05) is 18.2 Å². The van der Waals surface area contributed by atoms with Gasteiger partial charge in [-0.15, -0.1) is 0 Å². The number of ether oxygens (including phenoxy) is 1. The van der Waals surface area contributed by atoms with Crippen molar-refractivity contribution in [3.63, 3.8) is 0 Å². The first kappa shape index (κ1) is 20.8. The van der Waals surface area contributed by atoms with E-state index in [1.165, 1.54) is 6.92 Å². The average molecular weight is 378 g/mol. The van der Waals surface area contributed by atoms with Crippen molar-refractivity contribution in [3.8, 4) is 11.8 Å². The summed E-state index contributed by atoms with van der Waals surface area (Å²) in [5, 5.41) is 12.7. The Balaban J connectivity index is 2.40. The minimum atomic E-state index is -0.0954. The third-order valence-corrected chi connectivity index (χ3v) is 4.35. The van der Waals surface area contributed by atoms with E-state index in [2.05, 4.69) is 11.4 Å². The van der Waals surface area contributed by atoms with Gasteiger partial charge < -0.3 is 19.9 Å². The number of methoxy groups -OCH3 is 1. The summed E-state index contributed by atoms with van der Waals surface area (Å²) in [7, 11) is 7.12. The van der Waals surface area contributed by atoms with E-state index >= 15 is 0 Å². The van der Waals surface area contributed by atoms with Crippen LogP contribution in [0.3, 0.4) is 0 Å². The van der Waals surface area contributed by atoms with Crippen LogP contribution in [0.4, 0.5) is 17.1 Å². The van der Waals surface area contributed by atoms with Crippen molar-refractivity contribution in [2.45, 2.75) is 13.3 Å². The highest BCUT2D eigenvalue weighted by Gasteiger charge is 2.19. The van der Waals surface area contributed by atoms with E-state index in [1.807, 2.05) is 61.5 Å². The number of nitrogens with one attached hydrogen (secondary N) is 1. The molecule has 2 aromatic carbocycles. The fourth-order valence-corrected chi connectivity index (χ4v) is 2.76. The molecule has 146 valence electrons. The number of carbonyl (C=O) groups excluding carboxylic acids is 1. The monoisotopic (exact) mass is 378 g/mol. The van der Waals surface area contributed by atoms with Crippen molar-refractivity contribution in [1.29, 1.82) is 5.26 Å². The van der Waals surface area contributed by atoms with E-state index in [9.17, 15) is 10.1 Å². The number of hydrogen-bond acceptors (Lipinski definition) is 5. The summed E-state index contributed by atoms with van der Waals surface area (Å²) >= 11 is 0. The molecule has 0 radical (unpaired) electrons. The third-order valence-electron chi connectivity index (χ3n) is 4.35. The Bertz CT molecular complexity index is 899. The van der Waals surface area contributed by atoms with Crippen LogP contribution in [0.25, 0.3) is 0 Å². The molecule has 0 aliphatic rings. The zero-order valence-electron chi connectivity index (χ0n) is 17.0. The lowest BCUT2D eigenvalue weighted by molar-refractivity contribution is -0.116. The number of para-hydroxylation sites is 1. The van der Waals surface area contributed by atoms with Crippen LogP contribution in [0.5, 0.6) is 5.75 Å². The summed E-state index contributed by atoms with van der Waals surface area (Å²) < 4.78 is 5.57. The Morgan fingerprint density at radius 1 is 1.18 bits per heavy atom. The van der Waals surface area contributed by atoms with Gasteiger partial charge in [0, 0.05) is 51.9 Å². The van der Waals surface area contributed by atoms with Gasteiger partial charge in [0.1, 0.15) is 0 Å².